The summed E-state index contributed by atoms with van der Waals surface area (Å²) in [5.74, 6) is 1.34. The fraction of sp³-hybridized carbons (Fsp3) is 0. The number of nitrogens with zero attached hydrogens (tertiary/aromatic N) is 5. The Labute approximate surface area is 459 Å². The van der Waals surface area contributed by atoms with Crippen molar-refractivity contribution in [3.63, 3.8) is 0 Å². The average molecular weight is 1010 g/mol. The van der Waals surface area contributed by atoms with Crippen LogP contribution >= 0.6 is 0 Å². The summed E-state index contributed by atoms with van der Waals surface area (Å²) >= 11 is 0. The van der Waals surface area contributed by atoms with E-state index in [1.165, 1.54) is 33.0 Å². The molecule has 0 aliphatic carbocycles. The molecule has 0 N–H and O–H groups in total. The normalized spacial score (nSPS) is 11.3. The number of hydrogen-bond acceptors (Lipinski definition) is 4. The van der Waals surface area contributed by atoms with Crippen LogP contribution in [0, 0.1) is 0 Å². The molecule has 0 aliphatic rings. The van der Waals surface area contributed by atoms with Crippen molar-refractivity contribution in [2.24, 2.45) is 0 Å². The van der Waals surface area contributed by atoms with E-state index >= 15 is 0 Å². The van der Waals surface area contributed by atoms with E-state index in [4.69, 9.17) is 19.9 Å². The molecule has 79 heavy (non-hydrogen) atoms. The van der Waals surface area contributed by atoms with Crippen molar-refractivity contribution in [3.8, 4) is 118 Å². The summed E-state index contributed by atoms with van der Waals surface area (Å²) in [6.07, 6.45) is 0. The van der Waals surface area contributed by atoms with Gasteiger partial charge in [0.05, 0.1) is 33.8 Å². The van der Waals surface area contributed by atoms with E-state index in [-0.39, 0.29) is 0 Å². The summed E-state index contributed by atoms with van der Waals surface area (Å²) in [5, 5.41) is 2.38. The molecule has 0 spiro atoms. The number of fused-ring (bicyclic) bond motifs is 3. The first kappa shape index (κ1) is 46.9. The quantitative estimate of drug-likeness (QED) is 0.130. The highest BCUT2D eigenvalue weighted by molar-refractivity contribution is 6.12. The lowest BCUT2D eigenvalue weighted by atomic mass is 9.96. The molecule has 5 nitrogen and oxygen atoms in total. The van der Waals surface area contributed by atoms with Crippen LogP contribution in [-0.2, 0) is 0 Å². The van der Waals surface area contributed by atoms with Gasteiger partial charge < -0.3 is 4.57 Å². The van der Waals surface area contributed by atoms with Gasteiger partial charge in [-0.2, -0.15) is 0 Å². The summed E-state index contributed by atoms with van der Waals surface area (Å²) < 4.78 is 2.44. The molecule has 0 atom stereocenters. The highest BCUT2D eigenvalue weighted by atomic mass is 15.0. The molecule has 3 heterocycles. The standard InChI is InChI=1S/C74H49N5/c1-7-19-50(20-8-1)60-39-41-71-65(46-60)66-47-61(51-21-9-2-10-22-51)40-42-72(66)79(71)64-44-62(52-31-35-58(36-32-52)73-75-67(54-23-11-3-12-24-54)48-68(76-73)55-25-13-4-14-26-55)43-63(45-64)53-33-37-59(38-34-53)74-77-69(56-27-15-5-16-28-56)49-70(78-74)57-29-17-6-18-30-57/h1-49H. The molecule has 0 fully saturated rings. The molecule has 0 radical (unpaired) electrons. The van der Waals surface area contributed by atoms with E-state index in [2.05, 4.69) is 278 Å². The Bertz CT molecular complexity index is 4070. The van der Waals surface area contributed by atoms with Gasteiger partial charge in [0.25, 0.3) is 0 Å². The van der Waals surface area contributed by atoms with Gasteiger partial charge in [0.1, 0.15) is 0 Å². The third-order valence-corrected chi connectivity index (χ3v) is 14.8. The number of hydrogen-bond donors (Lipinski definition) is 0. The van der Waals surface area contributed by atoms with Crippen molar-refractivity contribution < 1.29 is 0 Å². The molecule has 370 valence electrons. The maximum atomic E-state index is 5.16. The SMILES string of the molecule is c1ccc(-c2ccc3c(c2)c2cc(-c4ccccc4)ccc2n3-c2cc(-c3ccc(-c4nc(-c5ccccc5)cc(-c5ccccc5)n4)cc3)cc(-c3ccc(-c4nc(-c5ccccc5)cc(-c5ccccc5)n4)cc3)c2)cc1. The first-order chi connectivity index (χ1) is 39.1. The zero-order valence-electron chi connectivity index (χ0n) is 43.0. The lowest BCUT2D eigenvalue weighted by Gasteiger charge is -2.15. The Hall–Kier alpha value is -10.6. The molecular formula is C74H49N5. The second kappa shape index (κ2) is 20.5. The van der Waals surface area contributed by atoms with Gasteiger partial charge in [-0.25, -0.2) is 19.9 Å². The van der Waals surface area contributed by atoms with Gasteiger partial charge in [-0.1, -0.05) is 243 Å². The van der Waals surface area contributed by atoms with Crippen LogP contribution in [0.1, 0.15) is 0 Å². The minimum absolute atomic E-state index is 0.672. The third kappa shape index (κ3) is 9.36. The molecule has 0 saturated carbocycles. The van der Waals surface area contributed by atoms with Crippen molar-refractivity contribution in [2.45, 2.75) is 0 Å². The molecule has 14 rings (SSSR count). The fourth-order valence-corrected chi connectivity index (χ4v) is 10.8. The molecule has 5 heteroatoms. The van der Waals surface area contributed by atoms with Crippen LogP contribution in [0.5, 0.6) is 0 Å². The molecule has 3 aromatic heterocycles. The van der Waals surface area contributed by atoms with Crippen LogP contribution in [0.2, 0.25) is 0 Å². The maximum Gasteiger partial charge on any atom is 0.160 e. The van der Waals surface area contributed by atoms with Gasteiger partial charge in [-0.3, -0.25) is 0 Å². The predicted octanol–water partition coefficient (Wildman–Crippen LogP) is 19.0. The highest BCUT2D eigenvalue weighted by Crippen LogP contribution is 2.41. The number of aromatic nitrogens is 5. The second-order valence-corrected chi connectivity index (χ2v) is 19.8. The minimum atomic E-state index is 0.672. The van der Waals surface area contributed by atoms with Gasteiger partial charge >= 0.3 is 0 Å². The predicted molar refractivity (Wildman–Crippen MR) is 326 cm³/mol. The summed E-state index contributed by atoms with van der Waals surface area (Å²) in [6, 6.07) is 105. The largest absolute Gasteiger partial charge is 0.309 e. The van der Waals surface area contributed by atoms with Crippen LogP contribution in [0.4, 0.5) is 0 Å². The Kier molecular flexibility index (Phi) is 12.2. The fourth-order valence-electron chi connectivity index (χ4n) is 10.8. The molecular weight excluding hydrogens is 959 g/mol. The van der Waals surface area contributed by atoms with E-state index < -0.39 is 0 Å². The summed E-state index contributed by atoms with van der Waals surface area (Å²) in [5.41, 5.74) is 21.9. The topological polar surface area (TPSA) is 56.5 Å². The van der Waals surface area contributed by atoms with Gasteiger partial charge in [0, 0.05) is 49.8 Å². The molecule has 0 unspecified atom stereocenters. The molecule has 0 saturated heterocycles. The lowest BCUT2D eigenvalue weighted by molar-refractivity contribution is 1.18. The first-order valence-corrected chi connectivity index (χ1v) is 26.7. The Morgan fingerprint density at radius 3 is 0.772 bits per heavy atom. The van der Waals surface area contributed by atoms with E-state index in [9.17, 15) is 0 Å². The van der Waals surface area contributed by atoms with Gasteiger partial charge in [-0.15, -0.1) is 0 Å². The van der Waals surface area contributed by atoms with E-state index in [0.29, 0.717) is 11.6 Å². The second-order valence-electron chi connectivity index (χ2n) is 19.8. The van der Waals surface area contributed by atoms with Crippen LogP contribution in [0.3, 0.4) is 0 Å². The van der Waals surface area contributed by atoms with Crippen molar-refractivity contribution in [1.29, 1.82) is 0 Å². The summed E-state index contributed by atoms with van der Waals surface area (Å²) in [4.78, 5) is 20.6. The molecule has 11 aromatic carbocycles. The van der Waals surface area contributed by atoms with Crippen LogP contribution in [0.25, 0.3) is 140 Å². The summed E-state index contributed by atoms with van der Waals surface area (Å²) in [6.45, 7) is 0. The third-order valence-electron chi connectivity index (χ3n) is 14.8. The van der Waals surface area contributed by atoms with Crippen molar-refractivity contribution in [2.75, 3.05) is 0 Å². The molecule has 14 aromatic rings. The lowest BCUT2D eigenvalue weighted by Crippen LogP contribution is -1.97. The van der Waals surface area contributed by atoms with Gasteiger partial charge in [0.15, 0.2) is 11.6 Å². The molecule has 0 amide bonds. The van der Waals surface area contributed by atoms with Gasteiger partial charge in [-0.05, 0) is 99.1 Å². The monoisotopic (exact) mass is 1010 g/mol. The smallest absolute Gasteiger partial charge is 0.160 e. The van der Waals surface area contributed by atoms with Crippen molar-refractivity contribution in [1.82, 2.24) is 24.5 Å². The van der Waals surface area contributed by atoms with Crippen LogP contribution < -0.4 is 0 Å². The maximum absolute atomic E-state index is 5.16. The average Bonchev–Trinajstić information content (AvgIpc) is 3.89. The van der Waals surface area contributed by atoms with Crippen molar-refractivity contribution in [3.05, 3.63) is 297 Å². The van der Waals surface area contributed by atoms with E-state index in [0.717, 1.165) is 95.1 Å². The zero-order chi connectivity index (χ0) is 52.5. The number of benzene rings is 11. The Morgan fingerprint density at radius 2 is 0.456 bits per heavy atom. The number of rotatable bonds is 11. The summed E-state index contributed by atoms with van der Waals surface area (Å²) in [7, 11) is 0. The van der Waals surface area contributed by atoms with E-state index in [1.54, 1.807) is 0 Å². The van der Waals surface area contributed by atoms with Crippen LogP contribution in [-0.4, -0.2) is 24.5 Å². The minimum Gasteiger partial charge on any atom is -0.309 e. The van der Waals surface area contributed by atoms with Gasteiger partial charge in [0.2, 0.25) is 0 Å². The Balaban J connectivity index is 0.924. The van der Waals surface area contributed by atoms with Crippen molar-refractivity contribution >= 4 is 21.8 Å². The Morgan fingerprint density at radius 1 is 0.190 bits per heavy atom. The highest BCUT2D eigenvalue weighted by Gasteiger charge is 2.19. The molecule has 0 bridgehead atoms. The van der Waals surface area contributed by atoms with Crippen LogP contribution in [0.15, 0.2) is 297 Å². The molecule has 0 aliphatic heterocycles. The zero-order valence-corrected chi connectivity index (χ0v) is 43.0. The first-order valence-electron chi connectivity index (χ1n) is 26.7. The van der Waals surface area contributed by atoms with E-state index in [1.807, 2.05) is 24.3 Å².